The van der Waals surface area contributed by atoms with Crippen LogP contribution in [-0.2, 0) is 6.42 Å². The van der Waals surface area contributed by atoms with Gasteiger partial charge in [0.1, 0.15) is 0 Å². The largest absolute Gasteiger partial charge is 0.326 e. The highest BCUT2D eigenvalue weighted by molar-refractivity contribution is 5.15. The third-order valence-corrected chi connectivity index (χ3v) is 5.14. The van der Waals surface area contributed by atoms with Crippen LogP contribution in [0.1, 0.15) is 50.5 Å². The zero-order valence-corrected chi connectivity index (χ0v) is 13.1. The lowest BCUT2D eigenvalue weighted by Gasteiger charge is -2.44. The number of nitrogens with two attached hydrogens (primary N) is 1. The number of likely N-dealkylation sites (N-methyl/N-ethyl adjacent to an activating group) is 1. The van der Waals surface area contributed by atoms with Gasteiger partial charge in [-0.1, -0.05) is 56.0 Å². The maximum atomic E-state index is 6.66. The predicted molar refractivity (Wildman–Crippen MR) is 86.9 cm³/mol. The minimum atomic E-state index is 0.214. The van der Waals surface area contributed by atoms with Gasteiger partial charge in [-0.2, -0.15) is 0 Å². The zero-order chi connectivity index (χ0) is 14.4. The molecule has 0 spiro atoms. The Morgan fingerprint density at radius 3 is 2.20 bits per heavy atom. The molecule has 1 aliphatic rings. The Morgan fingerprint density at radius 2 is 1.65 bits per heavy atom. The molecule has 20 heavy (non-hydrogen) atoms. The van der Waals surface area contributed by atoms with Crippen LogP contribution in [0.5, 0.6) is 0 Å². The molecule has 0 radical (unpaired) electrons. The van der Waals surface area contributed by atoms with E-state index in [0.29, 0.717) is 0 Å². The van der Waals surface area contributed by atoms with Crippen LogP contribution in [0, 0.1) is 0 Å². The summed E-state index contributed by atoms with van der Waals surface area (Å²) in [5, 5.41) is 0. The Balaban J connectivity index is 2.01. The normalized spacial score (nSPS) is 20.6. The van der Waals surface area contributed by atoms with Gasteiger partial charge in [-0.3, -0.25) is 0 Å². The highest BCUT2D eigenvalue weighted by Crippen LogP contribution is 2.34. The van der Waals surface area contributed by atoms with Crippen molar-refractivity contribution in [3.63, 3.8) is 0 Å². The van der Waals surface area contributed by atoms with Gasteiger partial charge in [0, 0.05) is 11.6 Å². The zero-order valence-electron chi connectivity index (χ0n) is 13.1. The van der Waals surface area contributed by atoms with Gasteiger partial charge >= 0.3 is 0 Å². The summed E-state index contributed by atoms with van der Waals surface area (Å²) in [5.41, 5.74) is 8.28. The number of nitrogens with zero attached hydrogens (tertiary/aromatic N) is 1. The van der Waals surface area contributed by atoms with E-state index in [9.17, 15) is 0 Å². The summed E-state index contributed by atoms with van der Waals surface area (Å²) >= 11 is 0. The van der Waals surface area contributed by atoms with Gasteiger partial charge in [0.25, 0.3) is 0 Å². The van der Waals surface area contributed by atoms with E-state index in [1.54, 1.807) is 0 Å². The molecule has 0 aromatic heterocycles. The van der Waals surface area contributed by atoms with E-state index < -0.39 is 0 Å². The first-order valence-electron chi connectivity index (χ1n) is 8.12. The van der Waals surface area contributed by atoms with Crippen molar-refractivity contribution in [1.29, 1.82) is 0 Å². The summed E-state index contributed by atoms with van der Waals surface area (Å²) in [6.45, 7) is 0. The molecule has 0 heterocycles. The van der Waals surface area contributed by atoms with E-state index in [0.717, 1.165) is 12.8 Å². The Kier molecular flexibility index (Phi) is 5.62. The molecule has 1 fully saturated rings. The molecule has 2 rings (SSSR count). The topological polar surface area (TPSA) is 29.3 Å². The van der Waals surface area contributed by atoms with Gasteiger partial charge in [-0.05, 0) is 45.3 Å². The number of hydrogen-bond acceptors (Lipinski definition) is 2. The van der Waals surface area contributed by atoms with Gasteiger partial charge in [0.15, 0.2) is 0 Å². The summed E-state index contributed by atoms with van der Waals surface area (Å²) in [5.74, 6) is 0. The second-order valence-electron chi connectivity index (χ2n) is 6.54. The molecule has 1 saturated carbocycles. The fourth-order valence-electron chi connectivity index (χ4n) is 3.73. The predicted octanol–water partition coefficient (Wildman–Crippen LogP) is 3.60. The second-order valence-corrected chi connectivity index (χ2v) is 6.54. The smallest absolute Gasteiger partial charge is 0.0354 e. The van der Waals surface area contributed by atoms with E-state index in [1.165, 1.54) is 44.1 Å². The minimum absolute atomic E-state index is 0.214. The molecule has 1 aliphatic carbocycles. The molecule has 1 atom stereocenters. The van der Waals surface area contributed by atoms with Crippen molar-refractivity contribution in [1.82, 2.24) is 4.90 Å². The van der Waals surface area contributed by atoms with Crippen molar-refractivity contribution < 1.29 is 0 Å². The molecule has 2 nitrogen and oxygen atoms in total. The van der Waals surface area contributed by atoms with Gasteiger partial charge in [-0.25, -0.2) is 0 Å². The fraction of sp³-hybridized carbons (Fsp3) is 0.667. The van der Waals surface area contributed by atoms with E-state index in [-0.39, 0.29) is 11.6 Å². The minimum Gasteiger partial charge on any atom is -0.326 e. The molecular weight excluding hydrogens is 244 g/mol. The monoisotopic (exact) mass is 274 g/mol. The second kappa shape index (κ2) is 7.24. The van der Waals surface area contributed by atoms with Gasteiger partial charge in [0.05, 0.1) is 0 Å². The van der Waals surface area contributed by atoms with Crippen LogP contribution in [0.2, 0.25) is 0 Å². The first kappa shape index (κ1) is 15.5. The highest BCUT2D eigenvalue weighted by atomic mass is 15.2. The van der Waals surface area contributed by atoms with E-state index in [1.807, 2.05) is 0 Å². The van der Waals surface area contributed by atoms with Crippen molar-refractivity contribution in [2.24, 2.45) is 5.73 Å². The quantitative estimate of drug-likeness (QED) is 0.831. The molecular formula is C18H30N2. The molecule has 2 N–H and O–H groups in total. The lowest BCUT2D eigenvalue weighted by atomic mass is 9.79. The van der Waals surface area contributed by atoms with Gasteiger partial charge in [0.2, 0.25) is 0 Å². The lowest BCUT2D eigenvalue weighted by molar-refractivity contribution is 0.0933. The summed E-state index contributed by atoms with van der Waals surface area (Å²) in [4.78, 5) is 2.41. The average molecular weight is 274 g/mol. The van der Waals surface area contributed by atoms with Crippen LogP contribution in [0.4, 0.5) is 0 Å². The number of hydrogen-bond donors (Lipinski definition) is 1. The molecule has 0 bridgehead atoms. The Labute approximate surface area is 124 Å². The molecule has 2 heteroatoms. The Bertz CT molecular complexity index is 378. The third-order valence-electron chi connectivity index (χ3n) is 5.14. The van der Waals surface area contributed by atoms with E-state index >= 15 is 0 Å². The molecule has 1 aromatic carbocycles. The Hall–Kier alpha value is -0.860. The Morgan fingerprint density at radius 1 is 1.05 bits per heavy atom. The van der Waals surface area contributed by atoms with Crippen LogP contribution in [0.25, 0.3) is 0 Å². The standard InChI is InChI=1S/C18H30N2/c1-20(2)18(14-8-3-4-9-15-18)17(19)13-12-16-10-6-5-7-11-16/h5-7,10-11,17H,3-4,8-9,12-15,19H2,1-2H3. The molecule has 1 unspecified atom stereocenters. The van der Waals surface area contributed by atoms with Crippen LogP contribution < -0.4 is 5.73 Å². The molecule has 0 saturated heterocycles. The number of rotatable bonds is 5. The van der Waals surface area contributed by atoms with Crippen molar-refractivity contribution in [2.75, 3.05) is 14.1 Å². The summed E-state index contributed by atoms with van der Waals surface area (Å²) in [6, 6.07) is 11.0. The van der Waals surface area contributed by atoms with Crippen molar-refractivity contribution in [2.45, 2.75) is 62.9 Å². The van der Waals surface area contributed by atoms with E-state index in [2.05, 4.69) is 49.3 Å². The highest BCUT2D eigenvalue weighted by Gasteiger charge is 2.38. The first-order chi connectivity index (χ1) is 9.65. The SMILES string of the molecule is CN(C)C1(C(N)CCc2ccccc2)CCCCCC1. The van der Waals surface area contributed by atoms with E-state index in [4.69, 9.17) is 5.73 Å². The number of aryl methyl sites for hydroxylation is 1. The van der Waals surface area contributed by atoms with Crippen LogP contribution in [0.3, 0.4) is 0 Å². The summed E-state index contributed by atoms with van der Waals surface area (Å²) in [6.07, 6.45) is 10.1. The number of benzene rings is 1. The molecule has 112 valence electrons. The summed E-state index contributed by atoms with van der Waals surface area (Å²) < 4.78 is 0. The molecule has 0 aliphatic heterocycles. The molecule has 1 aromatic rings. The summed E-state index contributed by atoms with van der Waals surface area (Å²) in [7, 11) is 4.43. The van der Waals surface area contributed by atoms with Gasteiger partial charge < -0.3 is 10.6 Å². The van der Waals surface area contributed by atoms with Gasteiger partial charge in [-0.15, -0.1) is 0 Å². The maximum absolute atomic E-state index is 6.66. The lowest BCUT2D eigenvalue weighted by Crippen LogP contribution is -2.57. The maximum Gasteiger partial charge on any atom is 0.0354 e. The molecule has 0 amide bonds. The average Bonchev–Trinajstić information content (AvgIpc) is 2.72. The van der Waals surface area contributed by atoms with Crippen LogP contribution in [-0.4, -0.2) is 30.6 Å². The van der Waals surface area contributed by atoms with Crippen LogP contribution >= 0.6 is 0 Å². The van der Waals surface area contributed by atoms with Crippen molar-refractivity contribution in [3.05, 3.63) is 35.9 Å². The van der Waals surface area contributed by atoms with Crippen molar-refractivity contribution >= 4 is 0 Å². The third kappa shape index (κ3) is 3.62. The first-order valence-corrected chi connectivity index (χ1v) is 8.12. The van der Waals surface area contributed by atoms with Crippen LogP contribution in [0.15, 0.2) is 30.3 Å². The van der Waals surface area contributed by atoms with Crippen molar-refractivity contribution in [3.8, 4) is 0 Å². The fourth-order valence-corrected chi connectivity index (χ4v) is 3.73.